The number of anilines is 1. The lowest BCUT2D eigenvalue weighted by molar-refractivity contribution is -0.111. The number of morpholine rings is 1. The van der Waals surface area contributed by atoms with Crippen molar-refractivity contribution in [2.24, 2.45) is 0 Å². The van der Waals surface area contributed by atoms with E-state index in [0.717, 1.165) is 18.5 Å². The standard InChI is InChI=1S/C11H12INO2/c12-9-1-3-10(4-2-9)13-5-6-15-8-11(13)7-14/h1-4,7,11H,5-6,8H2. The number of aldehydes is 1. The topological polar surface area (TPSA) is 29.5 Å². The van der Waals surface area contributed by atoms with Gasteiger partial charge in [0.15, 0.2) is 0 Å². The maximum absolute atomic E-state index is 10.9. The summed E-state index contributed by atoms with van der Waals surface area (Å²) >= 11 is 2.27. The monoisotopic (exact) mass is 317 g/mol. The molecule has 15 heavy (non-hydrogen) atoms. The Balaban J connectivity index is 2.20. The van der Waals surface area contributed by atoms with Gasteiger partial charge < -0.3 is 14.4 Å². The zero-order valence-electron chi connectivity index (χ0n) is 8.23. The van der Waals surface area contributed by atoms with Gasteiger partial charge in [-0.3, -0.25) is 0 Å². The summed E-state index contributed by atoms with van der Waals surface area (Å²) in [6, 6.07) is 8.05. The first-order valence-electron chi connectivity index (χ1n) is 4.86. The number of halogens is 1. The molecule has 0 bridgehead atoms. The van der Waals surface area contributed by atoms with E-state index in [9.17, 15) is 4.79 Å². The summed E-state index contributed by atoms with van der Waals surface area (Å²) in [4.78, 5) is 13.0. The molecule has 4 heteroatoms. The van der Waals surface area contributed by atoms with Gasteiger partial charge in [-0.05, 0) is 46.9 Å². The average Bonchev–Trinajstić information content (AvgIpc) is 2.30. The number of hydrogen-bond acceptors (Lipinski definition) is 3. The van der Waals surface area contributed by atoms with Crippen molar-refractivity contribution in [2.45, 2.75) is 6.04 Å². The van der Waals surface area contributed by atoms with Crippen molar-refractivity contribution < 1.29 is 9.53 Å². The molecule has 1 heterocycles. The predicted octanol–water partition coefficient (Wildman–Crippen LogP) is 1.70. The second-order valence-corrected chi connectivity index (χ2v) is 4.69. The third-order valence-corrected chi connectivity index (χ3v) is 3.20. The Hall–Kier alpha value is -0.620. The molecule has 3 nitrogen and oxygen atoms in total. The number of ether oxygens (including phenoxy) is 1. The maximum atomic E-state index is 10.9. The van der Waals surface area contributed by atoms with E-state index in [-0.39, 0.29) is 6.04 Å². The molecule has 1 fully saturated rings. The third-order valence-electron chi connectivity index (χ3n) is 2.48. The van der Waals surface area contributed by atoms with Crippen molar-refractivity contribution in [1.29, 1.82) is 0 Å². The summed E-state index contributed by atoms with van der Waals surface area (Å²) in [5.74, 6) is 0. The van der Waals surface area contributed by atoms with Crippen molar-refractivity contribution >= 4 is 34.6 Å². The number of benzene rings is 1. The Bertz CT molecular complexity index is 339. The molecule has 0 saturated carbocycles. The van der Waals surface area contributed by atoms with Crippen LogP contribution < -0.4 is 4.90 Å². The molecule has 80 valence electrons. The van der Waals surface area contributed by atoms with E-state index in [0.29, 0.717) is 13.2 Å². The van der Waals surface area contributed by atoms with Gasteiger partial charge in [0.2, 0.25) is 0 Å². The maximum Gasteiger partial charge on any atom is 0.144 e. The summed E-state index contributed by atoms with van der Waals surface area (Å²) in [5.41, 5.74) is 1.09. The van der Waals surface area contributed by atoms with Gasteiger partial charge in [0.25, 0.3) is 0 Å². The fourth-order valence-corrected chi connectivity index (χ4v) is 2.05. The summed E-state index contributed by atoms with van der Waals surface area (Å²) in [7, 11) is 0. The first-order valence-corrected chi connectivity index (χ1v) is 5.94. The van der Waals surface area contributed by atoms with Crippen LogP contribution >= 0.6 is 22.6 Å². The van der Waals surface area contributed by atoms with Crippen LogP contribution in [0.1, 0.15) is 0 Å². The van der Waals surface area contributed by atoms with Crippen LogP contribution in [0.3, 0.4) is 0 Å². The zero-order chi connectivity index (χ0) is 10.7. The van der Waals surface area contributed by atoms with Crippen LogP contribution in [0.15, 0.2) is 24.3 Å². The molecular formula is C11H12INO2. The predicted molar refractivity (Wildman–Crippen MR) is 67.2 cm³/mol. The second kappa shape index (κ2) is 4.94. The van der Waals surface area contributed by atoms with Crippen molar-refractivity contribution in [2.75, 3.05) is 24.7 Å². The molecule has 1 aliphatic rings. The molecule has 0 amide bonds. The van der Waals surface area contributed by atoms with Crippen molar-refractivity contribution in [1.82, 2.24) is 0 Å². The fourth-order valence-electron chi connectivity index (χ4n) is 1.69. The van der Waals surface area contributed by atoms with Crippen LogP contribution in [0.5, 0.6) is 0 Å². The third kappa shape index (κ3) is 2.49. The van der Waals surface area contributed by atoms with Gasteiger partial charge >= 0.3 is 0 Å². The number of carbonyl (C=O) groups excluding carboxylic acids is 1. The van der Waals surface area contributed by atoms with Gasteiger partial charge in [-0.25, -0.2) is 0 Å². The van der Waals surface area contributed by atoms with Gasteiger partial charge in [-0.15, -0.1) is 0 Å². The Morgan fingerprint density at radius 2 is 2.13 bits per heavy atom. The highest BCUT2D eigenvalue weighted by molar-refractivity contribution is 14.1. The lowest BCUT2D eigenvalue weighted by atomic mass is 10.2. The quantitative estimate of drug-likeness (QED) is 0.614. The SMILES string of the molecule is O=CC1COCCN1c1ccc(I)cc1. The Labute approximate surface area is 103 Å². The molecule has 2 rings (SSSR count). The van der Waals surface area contributed by atoms with Crippen LogP contribution in [-0.2, 0) is 9.53 Å². The van der Waals surface area contributed by atoms with Gasteiger partial charge in [0, 0.05) is 15.8 Å². The molecule has 1 atom stereocenters. The smallest absolute Gasteiger partial charge is 0.144 e. The molecule has 0 spiro atoms. The minimum Gasteiger partial charge on any atom is -0.377 e. The second-order valence-electron chi connectivity index (χ2n) is 3.45. The van der Waals surface area contributed by atoms with Crippen LogP contribution in [0.2, 0.25) is 0 Å². The zero-order valence-corrected chi connectivity index (χ0v) is 10.4. The summed E-state index contributed by atoms with van der Waals surface area (Å²) in [6.07, 6.45) is 0.955. The number of carbonyl (C=O) groups is 1. The minimum atomic E-state index is -0.140. The van der Waals surface area contributed by atoms with Gasteiger partial charge in [0.05, 0.1) is 13.2 Å². The van der Waals surface area contributed by atoms with Gasteiger partial charge in [0.1, 0.15) is 12.3 Å². The van der Waals surface area contributed by atoms with E-state index in [1.54, 1.807) is 0 Å². The molecule has 0 radical (unpaired) electrons. The summed E-state index contributed by atoms with van der Waals surface area (Å²) in [5, 5.41) is 0. The molecule has 0 aliphatic carbocycles. The Kier molecular flexibility index (Phi) is 3.58. The number of nitrogens with zero attached hydrogens (tertiary/aromatic N) is 1. The normalized spacial score (nSPS) is 21.4. The van der Waals surface area contributed by atoms with Crippen molar-refractivity contribution in [3.8, 4) is 0 Å². The lowest BCUT2D eigenvalue weighted by Gasteiger charge is -2.34. The summed E-state index contributed by atoms with van der Waals surface area (Å²) in [6.45, 7) is 1.97. The Morgan fingerprint density at radius 1 is 1.40 bits per heavy atom. The average molecular weight is 317 g/mol. The van der Waals surface area contributed by atoms with Crippen molar-refractivity contribution in [3.63, 3.8) is 0 Å². The van der Waals surface area contributed by atoms with Crippen molar-refractivity contribution in [3.05, 3.63) is 27.8 Å². The number of hydrogen-bond donors (Lipinski definition) is 0. The molecule has 1 aliphatic heterocycles. The highest BCUT2D eigenvalue weighted by Crippen LogP contribution is 2.20. The van der Waals surface area contributed by atoms with Crippen LogP contribution in [0, 0.1) is 3.57 Å². The van der Waals surface area contributed by atoms with Gasteiger partial charge in [-0.1, -0.05) is 0 Å². The highest BCUT2D eigenvalue weighted by atomic mass is 127. The Morgan fingerprint density at radius 3 is 2.80 bits per heavy atom. The van der Waals surface area contributed by atoms with E-state index in [4.69, 9.17) is 4.74 Å². The molecule has 0 N–H and O–H groups in total. The van der Waals surface area contributed by atoms with E-state index in [2.05, 4.69) is 27.5 Å². The summed E-state index contributed by atoms with van der Waals surface area (Å²) < 4.78 is 6.48. The molecule has 0 aromatic heterocycles. The van der Waals surface area contributed by atoms with E-state index >= 15 is 0 Å². The first-order chi connectivity index (χ1) is 7.31. The highest BCUT2D eigenvalue weighted by Gasteiger charge is 2.22. The van der Waals surface area contributed by atoms with Crippen LogP contribution in [-0.4, -0.2) is 32.1 Å². The van der Waals surface area contributed by atoms with Crippen LogP contribution in [0.4, 0.5) is 5.69 Å². The molecule has 1 aromatic carbocycles. The lowest BCUT2D eigenvalue weighted by Crippen LogP contribution is -2.46. The van der Waals surface area contributed by atoms with E-state index in [1.807, 2.05) is 24.3 Å². The molecular weight excluding hydrogens is 305 g/mol. The largest absolute Gasteiger partial charge is 0.377 e. The van der Waals surface area contributed by atoms with Crippen LogP contribution in [0.25, 0.3) is 0 Å². The number of rotatable bonds is 2. The fraction of sp³-hybridized carbons (Fsp3) is 0.364. The minimum absolute atomic E-state index is 0.140. The molecule has 1 saturated heterocycles. The van der Waals surface area contributed by atoms with E-state index in [1.165, 1.54) is 3.57 Å². The van der Waals surface area contributed by atoms with E-state index < -0.39 is 0 Å². The van der Waals surface area contributed by atoms with Gasteiger partial charge in [-0.2, -0.15) is 0 Å². The molecule has 1 unspecified atom stereocenters. The molecule has 1 aromatic rings. The first kappa shape index (κ1) is 10.9.